The Morgan fingerprint density at radius 2 is 1.57 bits per heavy atom. The predicted octanol–water partition coefficient (Wildman–Crippen LogP) is 1.34. The maximum atomic E-state index is 16.2. The van der Waals surface area contributed by atoms with E-state index < -0.39 is 28.1 Å². The molecule has 4 atom stereocenters. The van der Waals surface area contributed by atoms with E-state index in [4.69, 9.17) is 4.74 Å². The topological polar surface area (TPSA) is 62.2 Å². The van der Waals surface area contributed by atoms with E-state index in [1.54, 1.807) is 43.3 Å². The number of hydrogen-bond acceptors (Lipinski definition) is 4. The Morgan fingerprint density at radius 1 is 1.00 bits per heavy atom. The molecule has 1 heterocycles. The molecular formula is C21H19FLiNO3S. The van der Waals surface area contributed by atoms with Crippen molar-refractivity contribution in [3.8, 4) is 5.88 Å². The summed E-state index contributed by atoms with van der Waals surface area (Å²) in [6, 6.07) is 21.9. The second kappa shape index (κ2) is 9.99. The second-order valence-electron chi connectivity index (χ2n) is 6.15. The smallest absolute Gasteiger partial charge is 0.770 e. The average Bonchev–Trinajstić information content (AvgIpc) is 2.73. The molecule has 0 bridgehead atoms. The standard InChI is InChI=1S/C21H20FNO3S.Li/c1-16(17-10-4-2-5-11-17)20(26-19-14-8-9-15-23-19)21(22,27(24)25)18-12-6-3-7-13-18;/h2-16,20H,1H3,(H,24,25);/q;+1/p-1/t16?,20-,21-;/m0./s1. The Kier molecular flexibility index (Phi) is 7.96. The summed E-state index contributed by atoms with van der Waals surface area (Å²) in [6.45, 7) is 1.74. The van der Waals surface area contributed by atoms with Crippen molar-refractivity contribution in [3.63, 3.8) is 0 Å². The van der Waals surface area contributed by atoms with E-state index in [0.29, 0.717) is 0 Å². The number of benzene rings is 2. The van der Waals surface area contributed by atoms with Crippen molar-refractivity contribution in [1.82, 2.24) is 4.98 Å². The zero-order valence-corrected chi connectivity index (χ0v) is 16.5. The van der Waals surface area contributed by atoms with Gasteiger partial charge in [0, 0.05) is 23.7 Å². The fraction of sp³-hybridized carbons (Fsp3) is 0.190. The maximum absolute atomic E-state index is 16.2. The third-order valence-corrected chi connectivity index (χ3v) is 5.39. The number of ether oxygens (including phenoxy) is 1. The maximum Gasteiger partial charge on any atom is 1.00 e. The van der Waals surface area contributed by atoms with Crippen LogP contribution in [0.15, 0.2) is 85.1 Å². The summed E-state index contributed by atoms with van der Waals surface area (Å²) >= 11 is -3.09. The number of alkyl halides is 1. The van der Waals surface area contributed by atoms with Crippen LogP contribution in [0, 0.1) is 0 Å². The molecule has 0 saturated carbocycles. The summed E-state index contributed by atoms with van der Waals surface area (Å²) in [5.74, 6) is -0.398. The molecule has 1 aromatic heterocycles. The molecule has 0 radical (unpaired) electrons. The van der Waals surface area contributed by atoms with E-state index >= 15 is 4.39 Å². The summed E-state index contributed by atoms with van der Waals surface area (Å²) in [4.78, 5) is 4.07. The molecule has 0 aliphatic rings. The van der Waals surface area contributed by atoms with Crippen LogP contribution in [0.2, 0.25) is 0 Å². The van der Waals surface area contributed by atoms with Crippen LogP contribution in [0.1, 0.15) is 24.0 Å². The molecule has 140 valence electrons. The molecule has 0 aliphatic carbocycles. The largest absolute Gasteiger partial charge is 1.00 e. The molecule has 2 aromatic carbocycles. The van der Waals surface area contributed by atoms with Gasteiger partial charge < -0.3 is 9.29 Å². The third-order valence-electron chi connectivity index (χ3n) is 4.44. The van der Waals surface area contributed by atoms with Gasteiger partial charge in [-0.1, -0.05) is 73.7 Å². The zero-order chi connectivity index (χ0) is 19.3. The van der Waals surface area contributed by atoms with Gasteiger partial charge in [-0.2, -0.15) is 0 Å². The quantitative estimate of drug-likeness (QED) is 0.451. The van der Waals surface area contributed by atoms with E-state index in [1.807, 2.05) is 30.3 Å². The van der Waals surface area contributed by atoms with Crippen molar-refractivity contribution < 1.29 is 36.7 Å². The van der Waals surface area contributed by atoms with Crippen LogP contribution >= 0.6 is 0 Å². The van der Waals surface area contributed by atoms with E-state index in [-0.39, 0.29) is 30.3 Å². The molecule has 0 N–H and O–H groups in total. The van der Waals surface area contributed by atoms with E-state index in [1.165, 1.54) is 18.3 Å². The molecular weight excluding hydrogens is 372 g/mol. The molecule has 0 fully saturated rings. The molecule has 3 aromatic rings. The van der Waals surface area contributed by atoms with Gasteiger partial charge in [0.2, 0.25) is 10.9 Å². The second-order valence-corrected chi connectivity index (χ2v) is 7.22. The summed E-state index contributed by atoms with van der Waals surface area (Å²) < 4.78 is 46.2. The number of pyridine rings is 1. The first-order valence-electron chi connectivity index (χ1n) is 8.50. The van der Waals surface area contributed by atoms with Crippen molar-refractivity contribution in [2.75, 3.05) is 0 Å². The van der Waals surface area contributed by atoms with Gasteiger partial charge >= 0.3 is 18.9 Å². The minimum Gasteiger partial charge on any atom is -0.770 e. The molecule has 0 amide bonds. The van der Waals surface area contributed by atoms with Gasteiger partial charge in [0.15, 0.2) is 6.10 Å². The predicted molar refractivity (Wildman–Crippen MR) is 102 cm³/mol. The van der Waals surface area contributed by atoms with Crippen LogP contribution in [-0.2, 0) is 16.1 Å². The van der Waals surface area contributed by atoms with Crippen molar-refractivity contribution >= 4 is 11.1 Å². The molecule has 7 heteroatoms. The number of halogens is 1. The van der Waals surface area contributed by atoms with Gasteiger partial charge in [-0.25, -0.2) is 9.37 Å². The zero-order valence-electron chi connectivity index (χ0n) is 15.7. The van der Waals surface area contributed by atoms with Gasteiger partial charge in [-0.05, 0) is 22.7 Å². The molecule has 0 spiro atoms. The van der Waals surface area contributed by atoms with Gasteiger partial charge in [0.25, 0.3) is 0 Å². The summed E-state index contributed by atoms with van der Waals surface area (Å²) in [6.07, 6.45) is 0.173. The Labute approximate surface area is 178 Å². The van der Waals surface area contributed by atoms with Crippen LogP contribution in [0.25, 0.3) is 0 Å². The van der Waals surface area contributed by atoms with Crippen molar-refractivity contribution in [2.24, 2.45) is 0 Å². The molecule has 0 aliphatic heterocycles. The summed E-state index contributed by atoms with van der Waals surface area (Å²) in [5.41, 5.74) is 0.781. The number of hydrogen-bond donors (Lipinski definition) is 0. The minimum absolute atomic E-state index is 0. The first-order valence-corrected chi connectivity index (χ1v) is 9.57. The number of nitrogens with zero attached hydrogens (tertiary/aromatic N) is 1. The Balaban J connectivity index is 0.00000280. The summed E-state index contributed by atoms with van der Waals surface area (Å²) in [5, 5.41) is -2.76. The fourth-order valence-electron chi connectivity index (χ4n) is 3.00. The van der Waals surface area contributed by atoms with Crippen molar-refractivity contribution in [2.45, 2.75) is 23.9 Å². The molecule has 28 heavy (non-hydrogen) atoms. The van der Waals surface area contributed by atoms with Crippen LogP contribution in [0.3, 0.4) is 0 Å². The van der Waals surface area contributed by atoms with Crippen LogP contribution in [0.4, 0.5) is 4.39 Å². The number of aromatic nitrogens is 1. The normalized spacial score (nSPS) is 16.1. The van der Waals surface area contributed by atoms with Crippen LogP contribution in [-0.4, -0.2) is 19.8 Å². The van der Waals surface area contributed by atoms with E-state index in [2.05, 4.69) is 4.98 Å². The Hall–Kier alpha value is -1.97. The van der Waals surface area contributed by atoms with E-state index in [0.717, 1.165) is 5.56 Å². The Morgan fingerprint density at radius 3 is 2.11 bits per heavy atom. The average molecular weight is 391 g/mol. The van der Waals surface area contributed by atoms with Crippen LogP contribution < -0.4 is 23.6 Å². The summed E-state index contributed by atoms with van der Waals surface area (Å²) in [7, 11) is 0. The van der Waals surface area contributed by atoms with Crippen molar-refractivity contribution in [3.05, 3.63) is 96.2 Å². The minimum atomic E-state index is -3.09. The van der Waals surface area contributed by atoms with Gasteiger partial charge in [0.05, 0.1) is 0 Å². The number of rotatable bonds is 7. The Bertz CT molecular complexity index is 886. The fourth-order valence-corrected chi connectivity index (χ4v) is 3.77. The van der Waals surface area contributed by atoms with E-state index in [9.17, 15) is 8.76 Å². The van der Waals surface area contributed by atoms with Crippen molar-refractivity contribution in [1.29, 1.82) is 0 Å². The monoisotopic (exact) mass is 391 g/mol. The molecule has 2 unspecified atom stereocenters. The molecule has 3 rings (SSSR count). The first kappa shape index (κ1) is 22.3. The van der Waals surface area contributed by atoms with Crippen LogP contribution in [0.5, 0.6) is 5.88 Å². The van der Waals surface area contributed by atoms with Gasteiger partial charge in [0.1, 0.15) is 0 Å². The van der Waals surface area contributed by atoms with Gasteiger partial charge in [-0.3, -0.25) is 4.21 Å². The SMILES string of the molecule is CC(c1ccccc1)[C@H](Oc1ccccn1)[C@](F)(c1ccccc1)S(=O)[O-].[Li+]. The molecule has 0 saturated heterocycles. The first-order chi connectivity index (χ1) is 13.0. The molecule has 4 nitrogen and oxygen atoms in total. The third kappa shape index (κ3) is 4.71. The van der Waals surface area contributed by atoms with Gasteiger partial charge in [-0.15, -0.1) is 0 Å².